The largest absolute Gasteiger partial charge is 0.464 e. The van der Waals surface area contributed by atoms with Crippen LogP contribution in [0.2, 0.25) is 0 Å². The van der Waals surface area contributed by atoms with E-state index in [0.717, 1.165) is 22.1 Å². The Morgan fingerprint density at radius 1 is 1.33 bits per heavy atom. The molecule has 2 aromatic rings. The van der Waals surface area contributed by atoms with E-state index in [4.69, 9.17) is 4.42 Å². The molecule has 92 valence electrons. The Labute approximate surface area is 104 Å². The zero-order chi connectivity index (χ0) is 12.7. The van der Waals surface area contributed by atoms with Crippen molar-refractivity contribution in [2.24, 2.45) is 0 Å². The fourth-order valence-corrected chi connectivity index (χ4v) is 2.42. The van der Waals surface area contributed by atoms with Crippen molar-refractivity contribution in [2.45, 2.75) is 25.7 Å². The summed E-state index contributed by atoms with van der Waals surface area (Å²) in [6, 6.07) is 5.89. The summed E-state index contributed by atoms with van der Waals surface area (Å²) in [5.74, 6) is -0.707. The first-order valence-electron chi connectivity index (χ1n) is 5.96. The molecule has 1 saturated heterocycles. The molecule has 1 aromatic heterocycles. The lowest BCUT2D eigenvalue weighted by molar-refractivity contribution is -0.134. The molecule has 1 aliphatic rings. The predicted octanol–water partition coefficient (Wildman–Crippen LogP) is 2.26. The molecule has 0 radical (unpaired) electrons. The second kappa shape index (κ2) is 3.98. The van der Waals surface area contributed by atoms with E-state index in [9.17, 15) is 9.59 Å². The minimum Gasteiger partial charge on any atom is -0.464 e. The fourth-order valence-electron chi connectivity index (χ4n) is 2.42. The molecule has 1 atom stereocenters. The fraction of sp³-hybridized carbons (Fsp3) is 0.286. The number of carbonyl (C=O) groups excluding carboxylic acids is 2. The third kappa shape index (κ3) is 1.70. The van der Waals surface area contributed by atoms with E-state index in [0.29, 0.717) is 12.8 Å². The minimum atomic E-state index is -0.286. The molecule has 2 amide bonds. The predicted molar refractivity (Wildman–Crippen MR) is 66.1 cm³/mol. The number of fused-ring (bicyclic) bond motifs is 1. The van der Waals surface area contributed by atoms with Crippen LogP contribution >= 0.6 is 0 Å². The molecular weight excluding hydrogens is 230 g/mol. The first kappa shape index (κ1) is 11.0. The SMILES string of the molecule is Cc1ccc2occ([C@H]3CCC(=O)NC3=O)c2c1. The van der Waals surface area contributed by atoms with Crippen LogP contribution in [0.1, 0.15) is 29.9 Å². The van der Waals surface area contributed by atoms with Crippen LogP contribution in [0.15, 0.2) is 28.9 Å². The highest BCUT2D eigenvalue weighted by molar-refractivity contribution is 6.02. The van der Waals surface area contributed by atoms with Crippen molar-refractivity contribution < 1.29 is 14.0 Å². The van der Waals surface area contributed by atoms with Crippen LogP contribution in [0.3, 0.4) is 0 Å². The summed E-state index contributed by atoms with van der Waals surface area (Å²) in [6.45, 7) is 2.00. The average molecular weight is 243 g/mol. The van der Waals surface area contributed by atoms with Crippen molar-refractivity contribution >= 4 is 22.8 Å². The maximum absolute atomic E-state index is 11.9. The van der Waals surface area contributed by atoms with Crippen LogP contribution in [0.5, 0.6) is 0 Å². The van der Waals surface area contributed by atoms with Gasteiger partial charge >= 0.3 is 0 Å². The Morgan fingerprint density at radius 3 is 2.94 bits per heavy atom. The highest BCUT2D eigenvalue weighted by Crippen LogP contribution is 2.32. The van der Waals surface area contributed by atoms with E-state index in [1.165, 1.54) is 0 Å². The summed E-state index contributed by atoms with van der Waals surface area (Å²) < 4.78 is 5.47. The Balaban J connectivity index is 2.06. The van der Waals surface area contributed by atoms with E-state index in [-0.39, 0.29) is 17.7 Å². The molecule has 0 spiro atoms. The minimum absolute atomic E-state index is 0.194. The highest BCUT2D eigenvalue weighted by atomic mass is 16.3. The lowest BCUT2D eigenvalue weighted by Gasteiger charge is -2.19. The molecule has 0 unspecified atom stereocenters. The molecule has 4 heteroatoms. The molecular formula is C14H13NO3. The molecule has 1 aromatic carbocycles. The van der Waals surface area contributed by atoms with Crippen molar-refractivity contribution in [1.29, 1.82) is 0 Å². The molecule has 1 aliphatic heterocycles. The number of benzene rings is 1. The average Bonchev–Trinajstić information content (AvgIpc) is 2.72. The van der Waals surface area contributed by atoms with Crippen molar-refractivity contribution in [3.63, 3.8) is 0 Å². The molecule has 0 bridgehead atoms. The number of hydrogen-bond donors (Lipinski definition) is 1. The van der Waals surface area contributed by atoms with Gasteiger partial charge in [0.05, 0.1) is 12.2 Å². The van der Waals surface area contributed by atoms with Crippen LogP contribution in [0, 0.1) is 6.92 Å². The quantitative estimate of drug-likeness (QED) is 0.781. The number of nitrogens with one attached hydrogen (secondary N) is 1. The number of carbonyl (C=O) groups is 2. The normalized spacial score (nSPS) is 20.2. The lowest BCUT2D eigenvalue weighted by Crippen LogP contribution is -2.39. The van der Waals surface area contributed by atoms with Gasteiger partial charge in [0.25, 0.3) is 0 Å². The van der Waals surface area contributed by atoms with Gasteiger partial charge < -0.3 is 4.42 Å². The first-order chi connectivity index (χ1) is 8.65. The zero-order valence-corrected chi connectivity index (χ0v) is 10.0. The van der Waals surface area contributed by atoms with E-state index >= 15 is 0 Å². The Morgan fingerprint density at radius 2 is 2.17 bits per heavy atom. The Bertz CT molecular complexity index is 642. The maximum Gasteiger partial charge on any atom is 0.234 e. The van der Waals surface area contributed by atoms with Gasteiger partial charge in [0.15, 0.2) is 0 Å². The maximum atomic E-state index is 11.9. The van der Waals surface area contributed by atoms with Gasteiger partial charge in [-0.05, 0) is 25.5 Å². The second-order valence-corrected chi connectivity index (χ2v) is 4.69. The van der Waals surface area contributed by atoms with Gasteiger partial charge in [0.2, 0.25) is 11.8 Å². The number of rotatable bonds is 1. The number of imide groups is 1. The van der Waals surface area contributed by atoms with Gasteiger partial charge in [-0.2, -0.15) is 0 Å². The van der Waals surface area contributed by atoms with Gasteiger partial charge in [-0.15, -0.1) is 0 Å². The number of aryl methyl sites for hydroxylation is 1. The second-order valence-electron chi connectivity index (χ2n) is 4.69. The van der Waals surface area contributed by atoms with Crippen molar-refractivity contribution in [1.82, 2.24) is 5.32 Å². The summed E-state index contributed by atoms with van der Waals surface area (Å²) in [5.41, 5.74) is 2.77. The summed E-state index contributed by atoms with van der Waals surface area (Å²) in [6.07, 6.45) is 2.56. The van der Waals surface area contributed by atoms with Gasteiger partial charge in [0, 0.05) is 17.4 Å². The lowest BCUT2D eigenvalue weighted by atomic mass is 9.90. The van der Waals surface area contributed by atoms with Crippen LogP contribution in [0.25, 0.3) is 11.0 Å². The van der Waals surface area contributed by atoms with E-state index in [1.54, 1.807) is 6.26 Å². The summed E-state index contributed by atoms with van der Waals surface area (Å²) in [7, 11) is 0. The van der Waals surface area contributed by atoms with Crippen molar-refractivity contribution in [2.75, 3.05) is 0 Å². The van der Waals surface area contributed by atoms with Gasteiger partial charge in [-0.25, -0.2) is 0 Å². The van der Waals surface area contributed by atoms with Crippen LogP contribution in [-0.2, 0) is 9.59 Å². The monoisotopic (exact) mass is 243 g/mol. The summed E-state index contributed by atoms with van der Waals surface area (Å²) >= 11 is 0. The highest BCUT2D eigenvalue weighted by Gasteiger charge is 2.30. The molecule has 0 saturated carbocycles. The summed E-state index contributed by atoms with van der Waals surface area (Å²) in [4.78, 5) is 23.0. The Kier molecular flexibility index (Phi) is 2.44. The first-order valence-corrected chi connectivity index (χ1v) is 5.96. The third-order valence-corrected chi connectivity index (χ3v) is 3.37. The standard InChI is InChI=1S/C14H13NO3/c1-8-2-4-12-10(6-8)11(7-18-12)9-3-5-13(16)15-14(9)17/h2,4,6-7,9H,3,5H2,1H3,(H,15,16,17)/t9-/m1/s1. The van der Waals surface area contributed by atoms with Crippen molar-refractivity contribution in [3.8, 4) is 0 Å². The Hall–Kier alpha value is -2.10. The molecule has 4 nitrogen and oxygen atoms in total. The topological polar surface area (TPSA) is 59.3 Å². The van der Waals surface area contributed by atoms with E-state index in [1.807, 2.05) is 25.1 Å². The van der Waals surface area contributed by atoms with Crippen LogP contribution in [0.4, 0.5) is 0 Å². The molecule has 1 fully saturated rings. The number of piperidine rings is 1. The zero-order valence-electron chi connectivity index (χ0n) is 10.0. The molecule has 0 aliphatic carbocycles. The molecule has 3 rings (SSSR count). The van der Waals surface area contributed by atoms with Gasteiger partial charge in [-0.1, -0.05) is 11.6 Å². The number of furan rings is 1. The van der Waals surface area contributed by atoms with Crippen LogP contribution in [-0.4, -0.2) is 11.8 Å². The van der Waals surface area contributed by atoms with Crippen molar-refractivity contribution in [3.05, 3.63) is 35.6 Å². The summed E-state index contributed by atoms with van der Waals surface area (Å²) in [5, 5.41) is 3.34. The molecule has 2 heterocycles. The van der Waals surface area contributed by atoms with Gasteiger partial charge in [0.1, 0.15) is 5.58 Å². The molecule has 1 N–H and O–H groups in total. The molecule has 18 heavy (non-hydrogen) atoms. The van der Waals surface area contributed by atoms with Crippen LogP contribution < -0.4 is 5.32 Å². The third-order valence-electron chi connectivity index (χ3n) is 3.37. The number of amides is 2. The van der Waals surface area contributed by atoms with E-state index < -0.39 is 0 Å². The smallest absolute Gasteiger partial charge is 0.234 e. The number of hydrogen-bond acceptors (Lipinski definition) is 3. The van der Waals surface area contributed by atoms with Gasteiger partial charge in [-0.3, -0.25) is 14.9 Å². The van der Waals surface area contributed by atoms with E-state index in [2.05, 4.69) is 5.32 Å².